The van der Waals surface area contributed by atoms with Gasteiger partial charge in [-0.15, -0.1) is 0 Å². The van der Waals surface area contributed by atoms with Gasteiger partial charge in [-0.1, -0.05) is 6.92 Å². The van der Waals surface area contributed by atoms with Crippen molar-refractivity contribution in [2.45, 2.75) is 20.8 Å². The molecular formula is C13H19NO4. The van der Waals surface area contributed by atoms with Crippen LogP contribution in [0.25, 0.3) is 0 Å². The Balaban J connectivity index is 3.34. The van der Waals surface area contributed by atoms with Crippen LogP contribution in [0.2, 0.25) is 0 Å². The van der Waals surface area contributed by atoms with Crippen LogP contribution in [0.4, 0.5) is 0 Å². The molecule has 1 aliphatic rings. The zero-order chi connectivity index (χ0) is 14.0. The lowest BCUT2D eigenvalue weighted by Gasteiger charge is -2.33. The van der Waals surface area contributed by atoms with Crippen LogP contribution in [0.1, 0.15) is 20.8 Å². The van der Waals surface area contributed by atoms with E-state index >= 15 is 0 Å². The molecule has 0 aromatic rings. The molecule has 0 bridgehead atoms. The highest BCUT2D eigenvalue weighted by molar-refractivity contribution is 5.97. The number of allylic oxidation sites excluding steroid dienone is 2. The van der Waals surface area contributed by atoms with Crippen LogP contribution in [0.3, 0.4) is 0 Å². The number of ether oxygens (including phenoxy) is 2. The van der Waals surface area contributed by atoms with Crippen molar-refractivity contribution in [3.05, 3.63) is 22.5 Å². The molecule has 0 saturated carbocycles. The number of carbonyl (C=O) groups is 2. The summed E-state index contributed by atoms with van der Waals surface area (Å²) in [6, 6.07) is 0. The summed E-state index contributed by atoms with van der Waals surface area (Å²) in [6.07, 6.45) is 0. The minimum atomic E-state index is -0.416. The number of esters is 2. The smallest absolute Gasteiger partial charge is 0.336 e. The number of carbonyl (C=O) groups excluding carboxylic acids is 2. The van der Waals surface area contributed by atoms with E-state index in [4.69, 9.17) is 9.47 Å². The molecule has 0 N–H and O–H groups in total. The van der Waals surface area contributed by atoms with Crippen LogP contribution < -0.4 is 0 Å². The number of methoxy groups -OCH3 is 2. The van der Waals surface area contributed by atoms with Gasteiger partial charge in [0.15, 0.2) is 0 Å². The molecule has 0 unspecified atom stereocenters. The van der Waals surface area contributed by atoms with Crippen LogP contribution in [0.5, 0.6) is 0 Å². The Bertz CT molecular complexity index is 408. The lowest BCUT2D eigenvalue weighted by Crippen LogP contribution is -2.32. The molecule has 1 aliphatic heterocycles. The Labute approximate surface area is 107 Å². The fourth-order valence-corrected chi connectivity index (χ4v) is 2.25. The van der Waals surface area contributed by atoms with Crippen molar-refractivity contribution < 1.29 is 19.1 Å². The minimum absolute atomic E-state index is 0.332. The number of hydrogen-bond donors (Lipinski definition) is 0. The van der Waals surface area contributed by atoms with Crippen LogP contribution in [0, 0.1) is 5.92 Å². The maximum atomic E-state index is 11.8. The molecule has 1 heterocycles. The van der Waals surface area contributed by atoms with Crippen LogP contribution >= 0.6 is 0 Å². The fraction of sp³-hybridized carbons (Fsp3) is 0.538. The molecule has 0 radical (unpaired) electrons. The van der Waals surface area contributed by atoms with Gasteiger partial charge in [-0.05, 0) is 13.8 Å². The third-order valence-electron chi connectivity index (χ3n) is 3.46. The van der Waals surface area contributed by atoms with E-state index in [0.29, 0.717) is 11.1 Å². The fourth-order valence-electron chi connectivity index (χ4n) is 2.25. The second kappa shape index (κ2) is 5.25. The average molecular weight is 253 g/mol. The molecule has 0 aromatic heterocycles. The topological polar surface area (TPSA) is 55.8 Å². The van der Waals surface area contributed by atoms with E-state index in [2.05, 4.69) is 0 Å². The summed E-state index contributed by atoms with van der Waals surface area (Å²) in [5, 5.41) is 0. The Hall–Kier alpha value is -1.78. The molecule has 0 aromatic carbocycles. The molecule has 0 amide bonds. The first-order chi connectivity index (χ1) is 8.36. The highest BCUT2D eigenvalue weighted by Gasteiger charge is 2.35. The number of hydrogen-bond acceptors (Lipinski definition) is 5. The quantitative estimate of drug-likeness (QED) is 0.697. The normalized spacial score (nSPS) is 17.1. The first-order valence-electron chi connectivity index (χ1n) is 5.68. The van der Waals surface area contributed by atoms with Crippen LogP contribution in [-0.2, 0) is 19.1 Å². The molecule has 18 heavy (non-hydrogen) atoms. The van der Waals surface area contributed by atoms with Gasteiger partial charge < -0.3 is 14.4 Å². The van der Waals surface area contributed by atoms with Crippen molar-refractivity contribution in [3.63, 3.8) is 0 Å². The van der Waals surface area contributed by atoms with Gasteiger partial charge in [0.05, 0.1) is 25.4 Å². The summed E-state index contributed by atoms with van der Waals surface area (Å²) in [5.41, 5.74) is 2.57. The Morgan fingerprint density at radius 1 is 1.00 bits per heavy atom. The van der Waals surface area contributed by atoms with Gasteiger partial charge in [-0.25, -0.2) is 9.59 Å². The first-order valence-corrected chi connectivity index (χ1v) is 5.68. The van der Waals surface area contributed by atoms with Gasteiger partial charge in [0, 0.05) is 24.4 Å². The molecule has 0 atom stereocenters. The van der Waals surface area contributed by atoms with Crippen LogP contribution in [-0.4, -0.2) is 38.1 Å². The van der Waals surface area contributed by atoms with E-state index in [1.54, 1.807) is 11.8 Å². The first kappa shape index (κ1) is 14.3. The van der Waals surface area contributed by atoms with Gasteiger partial charge in [-0.3, -0.25) is 0 Å². The molecule has 100 valence electrons. The summed E-state index contributed by atoms with van der Waals surface area (Å²) < 4.78 is 9.56. The van der Waals surface area contributed by atoms with Crippen molar-refractivity contribution in [2.75, 3.05) is 21.3 Å². The van der Waals surface area contributed by atoms with Crippen LogP contribution in [0.15, 0.2) is 22.5 Å². The average Bonchev–Trinajstić information content (AvgIpc) is 2.35. The van der Waals surface area contributed by atoms with Crippen molar-refractivity contribution in [3.8, 4) is 0 Å². The Kier molecular flexibility index (Phi) is 4.16. The summed E-state index contributed by atoms with van der Waals surface area (Å²) in [7, 11) is 4.47. The molecule has 0 aliphatic carbocycles. The van der Waals surface area contributed by atoms with E-state index < -0.39 is 11.9 Å². The Morgan fingerprint density at radius 3 is 1.61 bits per heavy atom. The number of rotatable bonds is 2. The zero-order valence-corrected chi connectivity index (χ0v) is 11.7. The van der Waals surface area contributed by atoms with Gasteiger partial charge in [-0.2, -0.15) is 0 Å². The molecule has 0 saturated heterocycles. The largest absolute Gasteiger partial charge is 0.466 e. The van der Waals surface area contributed by atoms with E-state index in [1.165, 1.54) is 14.2 Å². The van der Waals surface area contributed by atoms with Crippen molar-refractivity contribution in [1.29, 1.82) is 0 Å². The van der Waals surface area contributed by atoms with Gasteiger partial charge in [0.2, 0.25) is 0 Å². The zero-order valence-electron chi connectivity index (χ0n) is 11.7. The molecule has 5 nitrogen and oxygen atoms in total. The third kappa shape index (κ3) is 2.12. The highest BCUT2D eigenvalue weighted by atomic mass is 16.5. The van der Waals surface area contributed by atoms with Gasteiger partial charge >= 0.3 is 11.9 Å². The maximum Gasteiger partial charge on any atom is 0.336 e. The van der Waals surface area contributed by atoms with E-state index in [-0.39, 0.29) is 5.92 Å². The maximum absolute atomic E-state index is 11.8. The molecular weight excluding hydrogens is 234 g/mol. The predicted molar refractivity (Wildman–Crippen MR) is 66.4 cm³/mol. The summed E-state index contributed by atoms with van der Waals surface area (Å²) >= 11 is 0. The molecule has 0 fully saturated rings. The summed E-state index contributed by atoms with van der Waals surface area (Å²) in [6.45, 7) is 5.47. The van der Waals surface area contributed by atoms with Crippen molar-refractivity contribution >= 4 is 11.9 Å². The number of nitrogens with zero attached hydrogens (tertiary/aromatic N) is 1. The van der Waals surface area contributed by atoms with E-state index in [9.17, 15) is 9.59 Å². The lowest BCUT2D eigenvalue weighted by molar-refractivity contribution is -0.137. The predicted octanol–water partition coefficient (Wildman–Crippen LogP) is 1.46. The molecule has 0 spiro atoms. The van der Waals surface area contributed by atoms with Crippen molar-refractivity contribution in [1.82, 2.24) is 4.90 Å². The van der Waals surface area contributed by atoms with Crippen molar-refractivity contribution in [2.24, 2.45) is 5.92 Å². The van der Waals surface area contributed by atoms with E-state index in [0.717, 1.165) is 11.4 Å². The standard InChI is InChI=1S/C13H19NO4/c1-7-10(12(15)17-5)8(2)14(4)9(3)11(7)13(16)18-6/h7H,1-6H3. The summed E-state index contributed by atoms with van der Waals surface area (Å²) in [4.78, 5) is 25.4. The third-order valence-corrected chi connectivity index (χ3v) is 3.46. The summed E-state index contributed by atoms with van der Waals surface area (Å²) in [5.74, 6) is -1.16. The monoisotopic (exact) mass is 253 g/mol. The second-order valence-corrected chi connectivity index (χ2v) is 4.26. The second-order valence-electron chi connectivity index (χ2n) is 4.26. The van der Waals surface area contributed by atoms with Gasteiger partial charge in [0.1, 0.15) is 0 Å². The molecule has 5 heteroatoms. The van der Waals surface area contributed by atoms with E-state index in [1.807, 2.05) is 20.9 Å². The SMILES string of the molecule is COC(=O)C1=C(C)N(C)C(C)=C(C(=O)OC)C1C. The lowest BCUT2D eigenvalue weighted by atomic mass is 9.86. The minimum Gasteiger partial charge on any atom is -0.466 e. The highest BCUT2D eigenvalue weighted by Crippen LogP contribution is 2.35. The molecule has 1 rings (SSSR count). The Morgan fingerprint density at radius 2 is 1.33 bits per heavy atom. The van der Waals surface area contributed by atoms with Gasteiger partial charge in [0.25, 0.3) is 0 Å².